The van der Waals surface area contributed by atoms with Crippen molar-refractivity contribution in [3.05, 3.63) is 16.4 Å². The van der Waals surface area contributed by atoms with E-state index in [9.17, 15) is 5.11 Å². The molecule has 1 heterocycles. The molecule has 114 valence electrons. The standard InChI is InChI=1S/C16H27BrN2O/c1-3-6-13-7-5-9-16(20,10-8-13)15-14(17)12-18-19(15)11-4-2/h12-13,20H,3-11H2,1-2H3. The third kappa shape index (κ3) is 3.45. The van der Waals surface area contributed by atoms with E-state index in [1.807, 2.05) is 10.9 Å². The zero-order valence-electron chi connectivity index (χ0n) is 12.7. The van der Waals surface area contributed by atoms with Crippen LogP contribution in [0.2, 0.25) is 0 Å². The summed E-state index contributed by atoms with van der Waals surface area (Å²) >= 11 is 3.59. The minimum Gasteiger partial charge on any atom is -0.384 e. The van der Waals surface area contributed by atoms with Gasteiger partial charge in [-0.05, 0) is 54.0 Å². The van der Waals surface area contributed by atoms with Gasteiger partial charge in [0.05, 0.1) is 16.4 Å². The van der Waals surface area contributed by atoms with E-state index in [1.165, 1.54) is 19.3 Å². The van der Waals surface area contributed by atoms with Gasteiger partial charge in [-0.1, -0.05) is 33.1 Å². The molecule has 1 aromatic rings. The first-order valence-electron chi connectivity index (χ1n) is 8.05. The van der Waals surface area contributed by atoms with E-state index in [4.69, 9.17) is 0 Å². The largest absolute Gasteiger partial charge is 0.384 e. The van der Waals surface area contributed by atoms with Crippen LogP contribution >= 0.6 is 15.9 Å². The molecule has 1 fully saturated rings. The summed E-state index contributed by atoms with van der Waals surface area (Å²) in [7, 11) is 0. The Morgan fingerprint density at radius 2 is 2.15 bits per heavy atom. The first-order chi connectivity index (χ1) is 9.60. The van der Waals surface area contributed by atoms with Crippen molar-refractivity contribution in [1.29, 1.82) is 0 Å². The molecule has 0 aromatic carbocycles. The monoisotopic (exact) mass is 342 g/mol. The summed E-state index contributed by atoms with van der Waals surface area (Å²) in [4.78, 5) is 0. The third-order valence-electron chi connectivity index (χ3n) is 4.54. The predicted molar refractivity (Wildman–Crippen MR) is 85.6 cm³/mol. The number of aryl methyl sites for hydroxylation is 1. The predicted octanol–water partition coefficient (Wildman–Crippen LogP) is 4.62. The molecule has 1 aliphatic rings. The van der Waals surface area contributed by atoms with E-state index >= 15 is 0 Å². The molecular formula is C16H27BrN2O. The van der Waals surface area contributed by atoms with Gasteiger partial charge in [0.2, 0.25) is 0 Å². The summed E-state index contributed by atoms with van der Waals surface area (Å²) in [5.74, 6) is 0.787. The second-order valence-corrected chi connectivity index (χ2v) is 7.04. The SMILES string of the molecule is CCCC1CCCC(O)(c2c(Br)cnn2CCC)CC1. The van der Waals surface area contributed by atoms with Crippen molar-refractivity contribution >= 4 is 15.9 Å². The highest BCUT2D eigenvalue weighted by molar-refractivity contribution is 9.10. The Morgan fingerprint density at radius 1 is 1.35 bits per heavy atom. The van der Waals surface area contributed by atoms with Crippen molar-refractivity contribution in [2.24, 2.45) is 5.92 Å². The van der Waals surface area contributed by atoms with Crippen LogP contribution in [0.1, 0.15) is 70.9 Å². The summed E-state index contributed by atoms with van der Waals surface area (Å²) in [6, 6.07) is 0. The van der Waals surface area contributed by atoms with Crippen molar-refractivity contribution < 1.29 is 5.11 Å². The Morgan fingerprint density at radius 3 is 2.85 bits per heavy atom. The lowest BCUT2D eigenvalue weighted by atomic mass is 9.89. The van der Waals surface area contributed by atoms with E-state index in [2.05, 4.69) is 34.9 Å². The van der Waals surface area contributed by atoms with Crippen LogP contribution in [-0.4, -0.2) is 14.9 Å². The lowest BCUT2D eigenvalue weighted by Gasteiger charge is -2.28. The number of aliphatic hydroxyl groups is 1. The normalized spacial score (nSPS) is 27.5. The first kappa shape index (κ1) is 16.0. The van der Waals surface area contributed by atoms with Gasteiger partial charge in [-0.2, -0.15) is 5.10 Å². The van der Waals surface area contributed by atoms with Gasteiger partial charge in [-0.3, -0.25) is 4.68 Å². The Balaban J connectivity index is 2.19. The Hall–Kier alpha value is -0.350. The zero-order valence-corrected chi connectivity index (χ0v) is 14.3. The maximum absolute atomic E-state index is 11.2. The lowest BCUT2D eigenvalue weighted by Crippen LogP contribution is -2.29. The van der Waals surface area contributed by atoms with E-state index in [-0.39, 0.29) is 0 Å². The Labute approximate surface area is 130 Å². The van der Waals surface area contributed by atoms with Gasteiger partial charge in [-0.25, -0.2) is 0 Å². The van der Waals surface area contributed by atoms with Gasteiger partial charge >= 0.3 is 0 Å². The fourth-order valence-corrected chi connectivity index (χ4v) is 4.20. The summed E-state index contributed by atoms with van der Waals surface area (Å²) in [6.45, 7) is 5.28. The highest BCUT2D eigenvalue weighted by Crippen LogP contribution is 2.41. The van der Waals surface area contributed by atoms with Gasteiger partial charge < -0.3 is 5.11 Å². The molecule has 0 amide bonds. The molecule has 20 heavy (non-hydrogen) atoms. The van der Waals surface area contributed by atoms with Gasteiger partial charge in [0.15, 0.2) is 0 Å². The van der Waals surface area contributed by atoms with E-state index in [1.54, 1.807) is 0 Å². The lowest BCUT2D eigenvalue weighted by molar-refractivity contribution is 0.00993. The van der Waals surface area contributed by atoms with Crippen molar-refractivity contribution in [2.45, 2.75) is 77.4 Å². The van der Waals surface area contributed by atoms with E-state index < -0.39 is 5.60 Å². The van der Waals surface area contributed by atoms with Crippen LogP contribution in [0.4, 0.5) is 0 Å². The van der Waals surface area contributed by atoms with Crippen LogP contribution in [0.5, 0.6) is 0 Å². The maximum Gasteiger partial charge on any atom is 0.107 e. The molecular weight excluding hydrogens is 316 g/mol. The molecule has 2 rings (SSSR count). The van der Waals surface area contributed by atoms with Crippen LogP contribution in [-0.2, 0) is 12.1 Å². The fourth-order valence-electron chi connectivity index (χ4n) is 3.54. The van der Waals surface area contributed by atoms with Crippen LogP contribution in [0.3, 0.4) is 0 Å². The van der Waals surface area contributed by atoms with Gasteiger partial charge in [0, 0.05) is 6.54 Å². The van der Waals surface area contributed by atoms with Crippen molar-refractivity contribution in [3.63, 3.8) is 0 Å². The highest BCUT2D eigenvalue weighted by Gasteiger charge is 2.36. The van der Waals surface area contributed by atoms with Gasteiger partial charge in [-0.15, -0.1) is 0 Å². The molecule has 0 aliphatic heterocycles. The number of rotatable bonds is 5. The number of hydrogen-bond donors (Lipinski definition) is 1. The van der Waals surface area contributed by atoms with Gasteiger partial charge in [0.1, 0.15) is 5.60 Å². The number of hydrogen-bond acceptors (Lipinski definition) is 2. The topological polar surface area (TPSA) is 38.1 Å². The molecule has 1 saturated carbocycles. The second-order valence-electron chi connectivity index (χ2n) is 6.18. The molecule has 0 spiro atoms. The molecule has 4 heteroatoms. The first-order valence-corrected chi connectivity index (χ1v) is 8.84. The summed E-state index contributed by atoms with van der Waals surface area (Å²) in [5.41, 5.74) is 0.295. The molecule has 3 nitrogen and oxygen atoms in total. The average molecular weight is 343 g/mol. The quantitative estimate of drug-likeness (QED) is 0.792. The average Bonchev–Trinajstić information content (AvgIpc) is 2.67. The van der Waals surface area contributed by atoms with Crippen LogP contribution in [0, 0.1) is 5.92 Å². The number of nitrogens with zero attached hydrogens (tertiary/aromatic N) is 2. The molecule has 1 aromatic heterocycles. The fraction of sp³-hybridized carbons (Fsp3) is 0.812. The molecule has 1 aliphatic carbocycles. The highest BCUT2D eigenvalue weighted by atomic mass is 79.9. The summed E-state index contributed by atoms with van der Waals surface area (Å²) in [6.07, 6.45) is 10.7. The van der Waals surface area contributed by atoms with E-state index in [0.717, 1.165) is 54.7 Å². The Kier molecular flexibility index (Phi) is 5.67. The maximum atomic E-state index is 11.2. The Bertz CT molecular complexity index is 432. The minimum atomic E-state index is -0.701. The van der Waals surface area contributed by atoms with Crippen LogP contribution in [0.25, 0.3) is 0 Å². The summed E-state index contributed by atoms with van der Waals surface area (Å²) < 4.78 is 2.95. The second kappa shape index (κ2) is 7.08. The minimum absolute atomic E-state index is 0.701. The van der Waals surface area contributed by atoms with Crippen molar-refractivity contribution in [1.82, 2.24) is 9.78 Å². The smallest absolute Gasteiger partial charge is 0.107 e. The van der Waals surface area contributed by atoms with Crippen LogP contribution < -0.4 is 0 Å². The van der Waals surface area contributed by atoms with Crippen molar-refractivity contribution in [3.8, 4) is 0 Å². The molecule has 0 saturated heterocycles. The van der Waals surface area contributed by atoms with Crippen molar-refractivity contribution in [2.75, 3.05) is 0 Å². The zero-order chi connectivity index (χ0) is 14.6. The number of aromatic nitrogens is 2. The van der Waals surface area contributed by atoms with Crippen LogP contribution in [0.15, 0.2) is 10.7 Å². The number of halogens is 1. The van der Waals surface area contributed by atoms with E-state index in [0.29, 0.717) is 0 Å². The molecule has 0 bridgehead atoms. The summed E-state index contributed by atoms with van der Waals surface area (Å²) in [5, 5.41) is 15.6. The molecule has 2 atom stereocenters. The third-order valence-corrected chi connectivity index (χ3v) is 5.12. The molecule has 2 unspecified atom stereocenters. The van der Waals surface area contributed by atoms with Gasteiger partial charge in [0.25, 0.3) is 0 Å². The molecule has 1 N–H and O–H groups in total. The molecule has 0 radical (unpaired) electrons.